The molecule has 1 aromatic heterocycles. The number of rotatable bonds is 2. The molecule has 2 heterocycles. The molecule has 8 heteroatoms. The summed E-state index contributed by atoms with van der Waals surface area (Å²) in [6.45, 7) is 2.03. The second-order valence-corrected chi connectivity index (χ2v) is 4.85. The summed E-state index contributed by atoms with van der Waals surface area (Å²) in [5.41, 5.74) is 0. The molecule has 0 atom stereocenters. The Hall–Kier alpha value is -0.141. The van der Waals surface area contributed by atoms with Gasteiger partial charge in [0, 0.05) is 0 Å². The minimum atomic E-state index is 0.192. The average molecular weight is 251 g/mol. The van der Waals surface area contributed by atoms with Crippen molar-refractivity contribution in [3.63, 3.8) is 0 Å². The molecule has 1 fully saturated rings. The molecule has 0 aromatic carbocycles. The molecule has 1 saturated heterocycles. The second-order valence-electron chi connectivity index (χ2n) is 2.25. The molecule has 2 rings (SSSR count). The summed E-state index contributed by atoms with van der Waals surface area (Å²) in [6.07, 6.45) is 0. The van der Waals surface area contributed by atoms with E-state index in [-0.39, 0.29) is 15.0 Å². The predicted octanol–water partition coefficient (Wildman–Crippen LogP) is -2.83. The Labute approximate surface area is 81.2 Å². The van der Waals surface area contributed by atoms with Crippen molar-refractivity contribution in [1.29, 1.82) is 0 Å². The SMILES string of the molecule is Sn1nnc([Se]C2NCCN2)n1. The topological polar surface area (TPSA) is 67.7 Å². The van der Waals surface area contributed by atoms with Crippen molar-refractivity contribution in [3.8, 4) is 0 Å². The van der Waals surface area contributed by atoms with Crippen LogP contribution in [0.15, 0.2) is 0 Å². The number of tetrazole rings is 1. The second kappa shape index (κ2) is 3.71. The van der Waals surface area contributed by atoms with Gasteiger partial charge in [-0.1, -0.05) is 0 Å². The zero-order valence-electron chi connectivity index (χ0n) is 6.14. The normalized spacial score (nSPS) is 18.8. The molecule has 66 valence electrons. The Bertz CT molecular complexity index is 258. The molecular weight excluding hydrogens is 243 g/mol. The van der Waals surface area contributed by atoms with Gasteiger partial charge in [-0.25, -0.2) is 0 Å². The van der Waals surface area contributed by atoms with Gasteiger partial charge in [0.05, 0.1) is 0 Å². The summed E-state index contributed by atoms with van der Waals surface area (Å²) in [6, 6.07) is 0. The number of hydrogen-bond acceptors (Lipinski definition) is 6. The monoisotopic (exact) mass is 252 g/mol. The van der Waals surface area contributed by atoms with E-state index in [9.17, 15) is 0 Å². The van der Waals surface area contributed by atoms with Gasteiger partial charge < -0.3 is 0 Å². The van der Waals surface area contributed by atoms with Crippen LogP contribution in [0.2, 0.25) is 0 Å². The summed E-state index contributed by atoms with van der Waals surface area (Å²) in [7, 11) is 0. The van der Waals surface area contributed by atoms with Gasteiger partial charge in [0.1, 0.15) is 0 Å². The fourth-order valence-electron chi connectivity index (χ4n) is 0.909. The van der Waals surface area contributed by atoms with Crippen molar-refractivity contribution in [2.24, 2.45) is 0 Å². The Balaban J connectivity index is 1.94. The van der Waals surface area contributed by atoms with Gasteiger partial charge in [-0.05, 0) is 0 Å². The summed E-state index contributed by atoms with van der Waals surface area (Å²) in [4.78, 5) is 0. The summed E-state index contributed by atoms with van der Waals surface area (Å²) in [5.74, 6) is 0. The molecule has 6 nitrogen and oxygen atoms in total. The van der Waals surface area contributed by atoms with Gasteiger partial charge in [-0.3, -0.25) is 0 Å². The van der Waals surface area contributed by atoms with Gasteiger partial charge >= 0.3 is 80.9 Å². The summed E-state index contributed by atoms with van der Waals surface area (Å²) >= 11 is 4.09. The van der Waals surface area contributed by atoms with Gasteiger partial charge in [-0.15, -0.1) is 0 Å². The van der Waals surface area contributed by atoms with E-state index in [0.29, 0.717) is 5.06 Å². The molecule has 1 aliphatic rings. The van der Waals surface area contributed by atoms with E-state index in [0.717, 1.165) is 17.8 Å². The first kappa shape index (κ1) is 8.46. The van der Waals surface area contributed by atoms with Crippen molar-refractivity contribution in [1.82, 2.24) is 30.2 Å². The first-order valence-corrected chi connectivity index (χ1v) is 5.72. The summed E-state index contributed by atoms with van der Waals surface area (Å²) in [5, 5.41) is 18.4. The first-order chi connectivity index (χ1) is 5.84. The molecule has 0 aliphatic carbocycles. The molecule has 2 N–H and O–H groups in total. The van der Waals surface area contributed by atoms with Crippen LogP contribution in [0, 0.1) is 0 Å². The maximum absolute atomic E-state index is 3.98. The maximum atomic E-state index is 3.98. The van der Waals surface area contributed by atoms with Crippen LogP contribution in [-0.2, 0) is 0 Å². The van der Waals surface area contributed by atoms with Gasteiger partial charge in [0.25, 0.3) is 0 Å². The Morgan fingerprint density at radius 1 is 1.50 bits per heavy atom. The number of nitrogens with one attached hydrogen (secondary N) is 2. The van der Waals surface area contributed by atoms with Crippen LogP contribution < -0.4 is 15.4 Å². The molecule has 1 aliphatic heterocycles. The summed E-state index contributed by atoms with van der Waals surface area (Å²) < 4.78 is 1.95. The zero-order valence-corrected chi connectivity index (χ0v) is 8.74. The van der Waals surface area contributed by atoms with Crippen LogP contribution in [0.4, 0.5) is 0 Å². The zero-order chi connectivity index (χ0) is 8.39. The third-order valence-corrected chi connectivity index (χ3v) is 3.54. The van der Waals surface area contributed by atoms with E-state index < -0.39 is 0 Å². The molecule has 0 saturated carbocycles. The molecule has 0 spiro atoms. The third kappa shape index (κ3) is 1.96. The van der Waals surface area contributed by atoms with Crippen molar-refractivity contribution < 1.29 is 0 Å². The van der Waals surface area contributed by atoms with Crippen LogP contribution in [0.1, 0.15) is 0 Å². The number of hydrogen-bond donors (Lipinski definition) is 3. The molecule has 0 amide bonds. The fraction of sp³-hybridized carbons (Fsp3) is 0.750. The Kier molecular flexibility index (Phi) is 2.62. The van der Waals surface area contributed by atoms with Crippen molar-refractivity contribution in [3.05, 3.63) is 0 Å². The van der Waals surface area contributed by atoms with Gasteiger partial charge in [-0.2, -0.15) is 0 Å². The minimum absolute atomic E-state index is 0.192. The number of aromatic nitrogens is 4. The van der Waals surface area contributed by atoms with E-state index in [4.69, 9.17) is 0 Å². The van der Waals surface area contributed by atoms with Crippen LogP contribution in [0.5, 0.6) is 0 Å². The molecule has 0 unspecified atom stereocenters. The van der Waals surface area contributed by atoms with Crippen LogP contribution in [0.3, 0.4) is 0 Å². The quantitative estimate of drug-likeness (QED) is 0.390. The standard InChI is InChI=1S/C4H8N6SSe/c11-10-8-4(7-9-10)12-3-5-1-2-6-3/h3,5-6,11H,1-2H2. The van der Waals surface area contributed by atoms with Gasteiger partial charge in [0.15, 0.2) is 0 Å². The Morgan fingerprint density at radius 3 is 2.83 bits per heavy atom. The molecule has 0 radical (unpaired) electrons. The van der Waals surface area contributed by atoms with E-state index in [1.165, 1.54) is 4.20 Å². The number of nitrogens with zero attached hydrogens (tertiary/aromatic N) is 4. The number of thiol groups is 1. The van der Waals surface area contributed by atoms with Gasteiger partial charge in [0.2, 0.25) is 0 Å². The van der Waals surface area contributed by atoms with Crippen LogP contribution in [0.25, 0.3) is 0 Å². The van der Waals surface area contributed by atoms with Crippen LogP contribution in [-0.4, -0.2) is 52.7 Å². The Morgan fingerprint density at radius 2 is 2.25 bits per heavy atom. The first-order valence-electron chi connectivity index (χ1n) is 3.47. The predicted molar refractivity (Wildman–Crippen MR) is 47.4 cm³/mol. The fourth-order valence-corrected chi connectivity index (χ4v) is 2.89. The van der Waals surface area contributed by atoms with Crippen molar-refractivity contribution >= 4 is 32.5 Å². The van der Waals surface area contributed by atoms with E-state index in [1.54, 1.807) is 0 Å². The average Bonchev–Trinajstić information content (AvgIpc) is 2.63. The van der Waals surface area contributed by atoms with Crippen molar-refractivity contribution in [2.75, 3.05) is 13.1 Å². The van der Waals surface area contributed by atoms with E-state index in [2.05, 4.69) is 38.9 Å². The molecule has 1 aromatic rings. The molecule has 12 heavy (non-hydrogen) atoms. The molecule has 0 bridgehead atoms. The van der Waals surface area contributed by atoms with E-state index in [1.807, 2.05) is 0 Å². The third-order valence-electron chi connectivity index (χ3n) is 1.39. The van der Waals surface area contributed by atoms with E-state index >= 15 is 0 Å². The molecular formula is C4H8N6SSe. The van der Waals surface area contributed by atoms with Crippen molar-refractivity contribution in [2.45, 2.75) is 5.06 Å². The van der Waals surface area contributed by atoms with Crippen LogP contribution >= 0.6 is 12.8 Å².